The Bertz CT molecular complexity index is 319. The number of carbonyl (C=O) groups excluding carboxylic acids is 4. The van der Waals surface area contributed by atoms with Gasteiger partial charge in [-0.25, -0.2) is 0 Å². The summed E-state index contributed by atoms with van der Waals surface area (Å²) < 4.78 is 0. The van der Waals surface area contributed by atoms with Crippen LogP contribution in [0, 0.1) is 0 Å². The summed E-state index contributed by atoms with van der Waals surface area (Å²) >= 11 is 0. The van der Waals surface area contributed by atoms with Gasteiger partial charge in [-0.1, -0.05) is 0 Å². The largest absolute Gasteiger partial charge is 1.00 e. The number of rotatable bonds is 6. The van der Waals surface area contributed by atoms with Gasteiger partial charge in [-0.15, -0.1) is 0 Å². The van der Waals surface area contributed by atoms with E-state index in [1.165, 1.54) is 0 Å². The van der Waals surface area contributed by atoms with Crippen LogP contribution in [0.1, 0.15) is 0 Å². The first kappa shape index (κ1) is 40.4. The third-order valence-electron chi connectivity index (χ3n) is 1.56. The molecule has 0 aliphatic carbocycles. The quantitative estimate of drug-likeness (QED) is 0.310. The Morgan fingerprint density at radius 1 is 0.458 bits per heavy atom. The third kappa shape index (κ3) is 18.5. The second kappa shape index (κ2) is 21.0. The van der Waals surface area contributed by atoms with Crippen LogP contribution in [0.3, 0.4) is 0 Å². The zero-order valence-electron chi connectivity index (χ0n) is 13.4. The molecule has 24 heavy (non-hydrogen) atoms. The number of carboxylic acid groups (broad SMARTS) is 4. The zero-order valence-corrected chi connectivity index (χ0v) is 21.4. The maximum absolute atomic E-state index is 9.63. The topological polar surface area (TPSA) is 241 Å². The first-order valence-electron chi connectivity index (χ1n) is 4.49. The molecule has 0 radical (unpaired) electrons. The van der Waals surface area contributed by atoms with E-state index in [2.05, 4.69) is 0 Å². The molecule has 0 fully saturated rings. The fraction of sp³-hybridized carbons (Fsp3) is 0.500. The van der Waals surface area contributed by atoms with Gasteiger partial charge in [0.25, 0.3) is 0 Å². The van der Waals surface area contributed by atoms with Crippen molar-refractivity contribution in [2.75, 3.05) is 0 Å². The fourth-order valence-electron chi connectivity index (χ4n) is 0.516. The molecule has 116 valence electrons. The Morgan fingerprint density at radius 2 is 0.542 bits per heavy atom. The van der Waals surface area contributed by atoms with Gasteiger partial charge in [0.2, 0.25) is 0 Å². The molecule has 4 N–H and O–H groups in total. The molecule has 0 saturated heterocycles. The van der Waals surface area contributed by atoms with Crippen molar-refractivity contribution in [2.45, 2.75) is 24.4 Å². The van der Waals surface area contributed by atoms with Crippen LogP contribution in [0.15, 0.2) is 0 Å². The summed E-state index contributed by atoms with van der Waals surface area (Å²) in [7, 11) is 0. The minimum atomic E-state index is -2.44. The first-order valence-corrected chi connectivity index (χ1v) is 4.49. The molecule has 12 nitrogen and oxygen atoms in total. The number of hydrogen-bond acceptors (Lipinski definition) is 12. The summed E-state index contributed by atoms with van der Waals surface area (Å²) in [6.45, 7) is 0. The Kier molecular flexibility index (Phi) is 35.4. The third-order valence-corrected chi connectivity index (χ3v) is 1.56. The summed E-state index contributed by atoms with van der Waals surface area (Å²) in [6, 6.07) is 0. The molecule has 0 aromatic carbocycles. The van der Waals surface area contributed by atoms with E-state index in [0.717, 1.165) is 0 Å². The average Bonchev–Trinajstić information content (AvgIpc) is 2.35. The molecule has 0 spiro atoms. The van der Waals surface area contributed by atoms with Crippen molar-refractivity contribution >= 4 is 23.9 Å². The minimum Gasteiger partial charge on any atom is -0.547 e. The van der Waals surface area contributed by atoms with Crippen molar-refractivity contribution in [3.63, 3.8) is 0 Å². The predicted octanol–water partition coefficient (Wildman–Crippen LogP) is -21.6. The van der Waals surface area contributed by atoms with E-state index in [9.17, 15) is 39.6 Å². The van der Waals surface area contributed by atoms with Gasteiger partial charge >= 0.3 is 118 Å². The molecule has 0 aromatic rings. The number of carbonyl (C=O) groups is 4. The summed E-state index contributed by atoms with van der Waals surface area (Å²) in [5, 5.41) is 71.5. The molecular weight excluding hydrogens is 380 g/mol. The molecule has 0 aliphatic rings. The van der Waals surface area contributed by atoms with E-state index >= 15 is 0 Å². The SMILES string of the molecule is O=C([O-])C(O)C(O)C(=O)[O-].O=C([O-])C(O)C(O)C(=O)[O-].[Na+].[Na+].[Na+].[Na+]. The number of aliphatic carboxylic acids is 4. The number of aliphatic hydroxyl groups excluding tert-OH is 4. The van der Waals surface area contributed by atoms with E-state index in [4.69, 9.17) is 20.4 Å². The summed E-state index contributed by atoms with van der Waals surface area (Å²) in [5.41, 5.74) is 0. The van der Waals surface area contributed by atoms with Crippen molar-refractivity contribution in [2.24, 2.45) is 0 Å². The maximum Gasteiger partial charge on any atom is 1.00 e. The summed E-state index contributed by atoms with van der Waals surface area (Å²) in [4.78, 5) is 38.5. The molecule has 0 saturated carbocycles. The van der Waals surface area contributed by atoms with E-state index in [1.807, 2.05) is 0 Å². The van der Waals surface area contributed by atoms with Gasteiger partial charge in [0.1, 0.15) is 24.4 Å². The number of hydrogen-bond donors (Lipinski definition) is 4. The number of carboxylic acids is 4. The Morgan fingerprint density at radius 3 is 0.583 bits per heavy atom. The van der Waals surface area contributed by atoms with Gasteiger partial charge in [-0.3, -0.25) is 0 Å². The smallest absolute Gasteiger partial charge is 0.547 e. The van der Waals surface area contributed by atoms with Crippen LogP contribution in [0.5, 0.6) is 0 Å². The second-order valence-electron chi connectivity index (χ2n) is 3.06. The van der Waals surface area contributed by atoms with Crippen LogP contribution in [-0.2, 0) is 19.2 Å². The standard InChI is InChI=1S/2C4H6O6.4Na/c2*5-1(3(7)8)2(6)4(9)10;;;;/h2*1-2,5-6H,(H,7,8)(H,9,10);;;;/q;;4*+1/p-4. The molecular formula is C8H8Na4O12. The van der Waals surface area contributed by atoms with Crippen molar-refractivity contribution in [1.29, 1.82) is 0 Å². The van der Waals surface area contributed by atoms with E-state index in [0.29, 0.717) is 0 Å². The van der Waals surface area contributed by atoms with Crippen LogP contribution in [0.2, 0.25) is 0 Å². The maximum atomic E-state index is 9.63. The molecule has 4 unspecified atom stereocenters. The summed E-state index contributed by atoms with van der Waals surface area (Å²) in [5.74, 6) is -8.23. The zero-order chi connectivity index (χ0) is 16.6. The fourth-order valence-corrected chi connectivity index (χ4v) is 0.516. The van der Waals surface area contributed by atoms with Crippen LogP contribution in [0.4, 0.5) is 0 Å². The molecule has 16 heteroatoms. The van der Waals surface area contributed by atoms with Gasteiger partial charge in [0.15, 0.2) is 0 Å². The molecule has 0 heterocycles. The van der Waals surface area contributed by atoms with Crippen molar-refractivity contribution < 1.29 is 178 Å². The normalized spacial score (nSPS) is 13.2. The molecule has 0 rings (SSSR count). The van der Waals surface area contributed by atoms with Crippen LogP contribution in [-0.4, -0.2) is 68.7 Å². The second-order valence-corrected chi connectivity index (χ2v) is 3.06. The van der Waals surface area contributed by atoms with E-state index < -0.39 is 48.3 Å². The van der Waals surface area contributed by atoms with Crippen molar-refractivity contribution in [1.82, 2.24) is 0 Å². The van der Waals surface area contributed by atoms with Gasteiger partial charge in [-0.2, -0.15) is 0 Å². The van der Waals surface area contributed by atoms with Crippen molar-refractivity contribution in [3.8, 4) is 0 Å². The van der Waals surface area contributed by atoms with Crippen LogP contribution >= 0.6 is 0 Å². The van der Waals surface area contributed by atoms with Crippen LogP contribution in [0.25, 0.3) is 0 Å². The van der Waals surface area contributed by atoms with Crippen molar-refractivity contribution in [3.05, 3.63) is 0 Å². The summed E-state index contributed by atoms with van der Waals surface area (Å²) in [6.07, 6.45) is -9.76. The van der Waals surface area contributed by atoms with Crippen LogP contribution < -0.4 is 139 Å². The minimum absolute atomic E-state index is 0. The van der Waals surface area contributed by atoms with Gasteiger partial charge < -0.3 is 60.0 Å². The Labute approximate surface area is 223 Å². The molecule has 0 bridgehead atoms. The molecule has 0 aliphatic heterocycles. The number of aliphatic hydroxyl groups is 4. The first-order chi connectivity index (χ1) is 8.93. The van der Waals surface area contributed by atoms with Gasteiger partial charge in [0.05, 0.1) is 23.9 Å². The monoisotopic (exact) mass is 388 g/mol. The molecule has 0 amide bonds. The predicted molar refractivity (Wildman–Crippen MR) is 44.1 cm³/mol. The Hall–Kier alpha value is 1.72. The molecule has 0 aromatic heterocycles. The van der Waals surface area contributed by atoms with E-state index in [-0.39, 0.29) is 118 Å². The van der Waals surface area contributed by atoms with Gasteiger partial charge in [0, 0.05) is 0 Å². The molecule has 4 atom stereocenters. The van der Waals surface area contributed by atoms with E-state index in [1.54, 1.807) is 0 Å². The van der Waals surface area contributed by atoms with Gasteiger partial charge in [-0.05, 0) is 0 Å². The Balaban J connectivity index is -0.0000000579. The average molecular weight is 388 g/mol.